The summed E-state index contributed by atoms with van der Waals surface area (Å²) in [6.07, 6.45) is 9.42. The van der Waals surface area contributed by atoms with E-state index in [-0.39, 0.29) is 56.3 Å². The molecule has 776 valence electrons. The molecule has 0 radical (unpaired) electrons. The Morgan fingerprint density at radius 3 is 0.942 bits per heavy atom. The molecule has 7 heterocycles. The largest absolute Gasteiger partial charge is 0.416 e. The zero-order chi connectivity index (χ0) is 102. The Morgan fingerprint density at radius 1 is 0.370 bits per heavy atom. The third kappa shape index (κ3) is 38.2. The summed E-state index contributed by atoms with van der Waals surface area (Å²) < 4.78 is 146. The first-order chi connectivity index (χ1) is 64.5. The third-order valence-corrected chi connectivity index (χ3v) is 31.5. The molecular weight excluding hydrogens is 1790 g/mol. The van der Waals surface area contributed by atoms with E-state index in [9.17, 15) is 73.8 Å². The summed E-state index contributed by atoms with van der Waals surface area (Å²) in [4.78, 5) is 14.8. The topological polar surface area (TPSA) is 130 Å². The standard InChI is InChI=1S/C25H38FNO.C18H28ClNO.2C18H26F3NO.C18H28FNO.C17H24F3NO/c1-19(2)17-24(18-25(3,4)22-5-7-23(26)8-6-22)27-13-9-20(10-14-27)21-11-15-28-16-12-21;1-14(20-10-8-15(13-21)9-11-20)12-18(2,3)16-4-6-17(19)7-5-16;1-16(2,8-11-22-12-9-17(3,23)10-13-22)14-4-6-15(7-5-14)18(19,20)21;1-13(22-10-8-16(23)9-11-22)12-17(2,3)14-4-6-15(7-5-14)18(19,20)21;1-14(20-10-8-15(13-21)9-11-20)12-18(2,3)16-4-6-17(19)7-5-16;1-16(2,9-12-21-10-7-15(22)8-11-21)13-3-5-14(6-4-13)17(18,19)20/h5-8,17,20-21,24H,9-16,18H2,1-4H3;4-7,14-15,21H,8-13H2,1-3H3;4-7,23H,8-13H2,1-3H3;4-7,13,16,23H,8-12H2,1-3H3;4-7,14-15,21H,8-13H2,1-3H3;3-6,15,22H,7-12H2,1-2H3. The normalized spacial score (nSPS) is 19.9. The van der Waals surface area contributed by atoms with E-state index >= 15 is 0 Å². The van der Waals surface area contributed by atoms with Crippen LogP contribution >= 0.6 is 11.6 Å². The molecule has 0 aromatic heterocycles. The Balaban J connectivity index is 0.000000204. The highest BCUT2D eigenvalue weighted by Gasteiger charge is 2.40. The van der Waals surface area contributed by atoms with Gasteiger partial charge in [-0.1, -0.05) is 179 Å². The van der Waals surface area contributed by atoms with E-state index in [1.54, 1.807) is 60.7 Å². The summed E-state index contributed by atoms with van der Waals surface area (Å²) in [5.74, 6) is 2.41. The first kappa shape index (κ1) is 117. The monoisotopic (exact) mass is 1960 g/mol. The fourth-order valence-corrected chi connectivity index (χ4v) is 21.4. The van der Waals surface area contributed by atoms with Gasteiger partial charge < -0.3 is 54.8 Å². The number of nitrogens with zero attached hydrogens (tertiary/aromatic N) is 6. The van der Waals surface area contributed by atoms with Crippen molar-refractivity contribution in [3.05, 3.63) is 224 Å². The summed E-state index contributed by atoms with van der Waals surface area (Å²) >= 11 is 5.99. The van der Waals surface area contributed by atoms with Crippen molar-refractivity contribution in [2.75, 3.05) is 118 Å². The van der Waals surface area contributed by atoms with Gasteiger partial charge in [0.1, 0.15) is 11.6 Å². The number of halogens is 12. The van der Waals surface area contributed by atoms with Crippen LogP contribution in [0.25, 0.3) is 0 Å². The van der Waals surface area contributed by atoms with Crippen molar-refractivity contribution in [3.63, 3.8) is 0 Å². The smallest absolute Gasteiger partial charge is 0.396 e. The number of ether oxygens (including phenoxy) is 1. The number of alkyl halides is 9. The summed E-state index contributed by atoms with van der Waals surface area (Å²) in [5, 5.41) is 48.3. The Bertz CT molecular complexity index is 4380. The van der Waals surface area contributed by atoms with Crippen molar-refractivity contribution in [1.29, 1.82) is 0 Å². The van der Waals surface area contributed by atoms with E-state index in [0.29, 0.717) is 49.2 Å². The lowest BCUT2D eigenvalue weighted by Gasteiger charge is -2.42. The third-order valence-electron chi connectivity index (χ3n) is 31.3. The van der Waals surface area contributed by atoms with Crippen LogP contribution in [-0.4, -0.2) is 215 Å². The molecule has 7 aliphatic heterocycles. The molecule has 7 saturated heterocycles. The molecule has 0 aliphatic carbocycles. The van der Waals surface area contributed by atoms with E-state index in [1.807, 2.05) is 43.3 Å². The van der Waals surface area contributed by atoms with Gasteiger partial charge in [0.2, 0.25) is 0 Å². The summed E-state index contributed by atoms with van der Waals surface area (Å²) in [7, 11) is 0. The van der Waals surface area contributed by atoms with Crippen molar-refractivity contribution in [1.82, 2.24) is 29.4 Å². The average molecular weight is 1970 g/mol. The van der Waals surface area contributed by atoms with Crippen LogP contribution in [0.2, 0.25) is 5.02 Å². The van der Waals surface area contributed by atoms with Crippen LogP contribution in [0.3, 0.4) is 0 Å². The SMILES string of the molecule is CC(C)(CCN1CCC(O)CC1)c1ccc(C(F)(F)F)cc1.CC(C)=CC(CC(C)(C)c1ccc(F)cc1)N1CCC(C2CCOCC2)CC1.CC(CC(C)(C)c1ccc(C(F)(F)F)cc1)N1CCC(O)CC1.CC(CC(C)(C)c1ccc(Cl)cc1)N1CCC(CO)CC1.CC(CC(C)(C)c1ccc(F)cc1)N1CCC(CO)CC1.CC1(O)CCN(CCC(C)(C)c2ccc(C(F)(F)F)cc2)CC1. The Morgan fingerprint density at radius 2 is 0.630 bits per heavy atom. The van der Waals surface area contributed by atoms with E-state index < -0.39 is 40.8 Å². The molecule has 4 atom stereocenters. The molecule has 0 saturated carbocycles. The van der Waals surface area contributed by atoms with Gasteiger partial charge in [-0.15, -0.1) is 0 Å². The van der Waals surface area contributed by atoms with Crippen molar-refractivity contribution in [2.45, 2.75) is 346 Å². The van der Waals surface area contributed by atoms with Crippen molar-refractivity contribution >= 4 is 11.6 Å². The molecule has 5 N–H and O–H groups in total. The Hall–Kier alpha value is -5.90. The number of piperidine rings is 6. The molecule has 12 nitrogen and oxygen atoms in total. The van der Waals surface area contributed by atoms with Gasteiger partial charge >= 0.3 is 18.5 Å². The zero-order valence-electron chi connectivity index (χ0n) is 86.4. The molecule has 0 bridgehead atoms. The molecule has 6 aromatic carbocycles. The number of hydrogen-bond donors (Lipinski definition) is 5. The number of aliphatic hydroxyl groups excluding tert-OH is 4. The van der Waals surface area contributed by atoms with Crippen molar-refractivity contribution < 1.29 is 78.6 Å². The predicted octanol–water partition coefficient (Wildman–Crippen LogP) is 25.9. The minimum atomic E-state index is -4.29. The minimum Gasteiger partial charge on any atom is -0.396 e. The second kappa shape index (κ2) is 52.8. The van der Waals surface area contributed by atoms with Crippen molar-refractivity contribution in [2.24, 2.45) is 23.7 Å². The number of benzene rings is 6. The highest BCUT2D eigenvalue weighted by molar-refractivity contribution is 6.30. The van der Waals surface area contributed by atoms with E-state index in [1.165, 1.54) is 73.2 Å². The predicted molar refractivity (Wildman–Crippen MR) is 541 cm³/mol. The Labute approximate surface area is 826 Å². The summed E-state index contributed by atoms with van der Waals surface area (Å²) in [5.41, 5.74) is 5.24. The van der Waals surface area contributed by atoms with E-state index in [2.05, 4.69) is 165 Å². The van der Waals surface area contributed by atoms with Gasteiger partial charge in [0, 0.05) is 94.9 Å². The van der Waals surface area contributed by atoms with Gasteiger partial charge in [-0.3, -0.25) is 4.90 Å². The molecule has 138 heavy (non-hydrogen) atoms. The molecule has 7 aliphatic rings. The molecule has 0 spiro atoms. The summed E-state index contributed by atoms with van der Waals surface area (Å²) in [6, 6.07) is 40.6. The molecule has 4 unspecified atom stereocenters. The quantitative estimate of drug-likeness (QED) is 0.0237. The second-order valence-corrected chi connectivity index (χ2v) is 46.0. The second-order valence-electron chi connectivity index (χ2n) is 45.5. The highest BCUT2D eigenvalue weighted by Crippen LogP contribution is 2.42. The fraction of sp³-hybridized carbons (Fsp3) is 0.667. The average Bonchev–Trinajstić information content (AvgIpc) is 0.801. The molecule has 7 fully saturated rings. The first-order valence-electron chi connectivity index (χ1n) is 51.2. The molecule has 6 aromatic rings. The van der Waals surface area contributed by atoms with Gasteiger partial charge in [0.15, 0.2) is 0 Å². The lowest BCUT2D eigenvalue weighted by molar-refractivity contribution is -0.138. The van der Waals surface area contributed by atoms with E-state index in [4.69, 9.17) is 16.3 Å². The van der Waals surface area contributed by atoms with Crippen LogP contribution in [0.5, 0.6) is 0 Å². The molecule has 24 heteroatoms. The first-order valence-corrected chi connectivity index (χ1v) is 51.6. The maximum atomic E-state index is 13.4. The number of rotatable bonds is 28. The van der Waals surface area contributed by atoms with E-state index in [0.717, 1.165) is 252 Å². The fourth-order valence-electron chi connectivity index (χ4n) is 21.3. The number of aliphatic hydroxyl groups is 5. The molecule has 13 rings (SSSR count). The van der Waals surface area contributed by atoms with Gasteiger partial charge in [-0.2, -0.15) is 39.5 Å². The van der Waals surface area contributed by atoms with Gasteiger partial charge in [-0.05, 0) is 385 Å². The maximum Gasteiger partial charge on any atom is 0.416 e. The van der Waals surface area contributed by atoms with Crippen molar-refractivity contribution in [3.8, 4) is 0 Å². The minimum absolute atomic E-state index is 0.0157. The zero-order valence-corrected chi connectivity index (χ0v) is 87.2. The van der Waals surface area contributed by atoms with Crippen LogP contribution < -0.4 is 0 Å². The van der Waals surface area contributed by atoms with Crippen LogP contribution in [0.15, 0.2) is 157 Å². The molecule has 0 amide bonds. The molecular formula is C114H170ClF11N6O6. The van der Waals surface area contributed by atoms with Gasteiger partial charge in [-0.25, -0.2) is 8.78 Å². The van der Waals surface area contributed by atoms with Crippen LogP contribution in [0.4, 0.5) is 48.3 Å². The number of hydrogen-bond acceptors (Lipinski definition) is 12. The number of likely N-dealkylation sites (tertiary alicyclic amines) is 6. The lowest BCUT2D eigenvalue weighted by atomic mass is 9.77. The van der Waals surface area contributed by atoms with Gasteiger partial charge in [0.05, 0.1) is 34.5 Å². The van der Waals surface area contributed by atoms with Crippen LogP contribution in [0, 0.1) is 35.3 Å². The Kier molecular flexibility index (Phi) is 44.9. The highest BCUT2D eigenvalue weighted by atomic mass is 35.5. The van der Waals surface area contributed by atoms with Gasteiger partial charge in [0.25, 0.3) is 0 Å². The van der Waals surface area contributed by atoms with Crippen LogP contribution in [-0.2, 0) is 55.8 Å². The maximum absolute atomic E-state index is 13.4. The number of allylic oxidation sites excluding steroid dienone is 1. The lowest BCUT2D eigenvalue weighted by Crippen LogP contribution is -2.44. The summed E-state index contributed by atoms with van der Waals surface area (Å²) in [6.45, 7) is 55.6. The van der Waals surface area contributed by atoms with Crippen LogP contribution in [0.1, 0.15) is 303 Å².